The van der Waals surface area contributed by atoms with Crippen LogP contribution in [0.5, 0.6) is 5.75 Å². The van der Waals surface area contributed by atoms with Crippen LogP contribution in [0, 0.1) is 5.92 Å². The molecular weight excluding hydrogens is 412 g/mol. The third-order valence-electron chi connectivity index (χ3n) is 4.70. The second kappa shape index (κ2) is 10.7. The van der Waals surface area contributed by atoms with Gasteiger partial charge >= 0.3 is 5.97 Å². The molecular formula is C20H30N2O7S. The predicted octanol–water partition coefficient (Wildman–Crippen LogP) is 1.38. The van der Waals surface area contributed by atoms with E-state index in [1.807, 2.05) is 13.8 Å². The van der Waals surface area contributed by atoms with E-state index in [4.69, 9.17) is 9.47 Å². The van der Waals surface area contributed by atoms with E-state index in [0.29, 0.717) is 19.8 Å². The summed E-state index contributed by atoms with van der Waals surface area (Å²) >= 11 is 0. The Labute approximate surface area is 177 Å². The number of benzene rings is 1. The highest BCUT2D eigenvalue weighted by Crippen LogP contribution is 2.26. The molecule has 0 aromatic heterocycles. The number of amides is 1. The van der Waals surface area contributed by atoms with Gasteiger partial charge in [-0.15, -0.1) is 0 Å². The Bertz CT molecular complexity index is 849. The minimum atomic E-state index is -3.77. The molecule has 30 heavy (non-hydrogen) atoms. The van der Waals surface area contributed by atoms with E-state index in [0.717, 1.165) is 0 Å². The molecule has 0 saturated carbocycles. The Kier molecular flexibility index (Phi) is 8.63. The van der Waals surface area contributed by atoms with Gasteiger partial charge in [-0.1, -0.05) is 13.8 Å². The molecule has 1 aliphatic heterocycles. The molecule has 0 bridgehead atoms. The Balaban J connectivity index is 2.37. The van der Waals surface area contributed by atoms with Gasteiger partial charge in [-0.3, -0.25) is 9.59 Å². The number of ether oxygens (including phenoxy) is 3. The summed E-state index contributed by atoms with van der Waals surface area (Å²) in [6, 6.07) is 4.26. The SMILES string of the molecule is COC(=O)CCN(CC(C)C)C(=O)c1cc(S(=O)(=O)N2CCOCC2)ccc1OC. The first-order chi connectivity index (χ1) is 14.2. The van der Waals surface area contributed by atoms with E-state index >= 15 is 0 Å². The van der Waals surface area contributed by atoms with Gasteiger partial charge in [0.05, 0.1) is 44.3 Å². The average Bonchev–Trinajstić information content (AvgIpc) is 2.75. The van der Waals surface area contributed by atoms with Crippen molar-refractivity contribution >= 4 is 21.9 Å². The summed E-state index contributed by atoms with van der Waals surface area (Å²) in [5, 5.41) is 0. The molecule has 1 saturated heterocycles. The van der Waals surface area contributed by atoms with Gasteiger partial charge in [0.25, 0.3) is 5.91 Å². The molecule has 1 heterocycles. The van der Waals surface area contributed by atoms with Crippen molar-refractivity contribution in [2.24, 2.45) is 5.92 Å². The van der Waals surface area contributed by atoms with Crippen LogP contribution in [-0.2, 0) is 24.3 Å². The zero-order chi connectivity index (χ0) is 22.3. The maximum Gasteiger partial charge on any atom is 0.307 e. The molecule has 0 spiro atoms. The lowest BCUT2D eigenvalue weighted by Crippen LogP contribution is -2.40. The minimum absolute atomic E-state index is 0.0195. The maximum absolute atomic E-state index is 13.3. The number of morpholine rings is 1. The Morgan fingerprint density at radius 2 is 1.87 bits per heavy atom. The molecule has 0 atom stereocenters. The lowest BCUT2D eigenvalue weighted by Gasteiger charge is -2.27. The number of sulfonamides is 1. The number of carbonyl (C=O) groups excluding carboxylic acids is 2. The molecule has 1 amide bonds. The number of rotatable bonds is 9. The smallest absolute Gasteiger partial charge is 0.307 e. The van der Waals surface area contributed by atoms with Crippen LogP contribution in [-0.4, -0.2) is 83.1 Å². The van der Waals surface area contributed by atoms with Crippen LogP contribution in [0.3, 0.4) is 0 Å². The van der Waals surface area contributed by atoms with Crippen LogP contribution in [0.25, 0.3) is 0 Å². The van der Waals surface area contributed by atoms with E-state index in [2.05, 4.69) is 4.74 Å². The Morgan fingerprint density at radius 1 is 1.20 bits per heavy atom. The number of esters is 1. The van der Waals surface area contributed by atoms with Crippen molar-refractivity contribution in [2.75, 3.05) is 53.6 Å². The first-order valence-electron chi connectivity index (χ1n) is 9.82. The normalized spacial score (nSPS) is 15.1. The summed E-state index contributed by atoms with van der Waals surface area (Å²) in [5.41, 5.74) is 0.136. The van der Waals surface area contributed by atoms with Gasteiger partial charge in [-0.2, -0.15) is 4.31 Å². The second-order valence-electron chi connectivity index (χ2n) is 7.35. The van der Waals surface area contributed by atoms with Crippen molar-refractivity contribution < 1.29 is 32.2 Å². The first kappa shape index (κ1) is 24.1. The third kappa shape index (κ3) is 5.93. The van der Waals surface area contributed by atoms with E-state index in [1.54, 1.807) is 0 Å². The summed E-state index contributed by atoms with van der Waals surface area (Å²) in [5.74, 6) is -0.402. The average molecular weight is 443 g/mol. The molecule has 168 valence electrons. The van der Waals surface area contributed by atoms with Crippen molar-refractivity contribution in [1.29, 1.82) is 0 Å². The zero-order valence-corrected chi connectivity index (χ0v) is 18.7. The maximum atomic E-state index is 13.3. The van der Waals surface area contributed by atoms with Gasteiger partial charge in [-0.25, -0.2) is 8.42 Å². The monoisotopic (exact) mass is 442 g/mol. The van der Waals surface area contributed by atoms with Crippen LogP contribution in [0.15, 0.2) is 23.1 Å². The van der Waals surface area contributed by atoms with Gasteiger partial charge in [0.15, 0.2) is 0 Å². The van der Waals surface area contributed by atoms with Crippen molar-refractivity contribution in [2.45, 2.75) is 25.2 Å². The molecule has 1 aliphatic rings. The van der Waals surface area contributed by atoms with Crippen LogP contribution < -0.4 is 4.74 Å². The Hall–Kier alpha value is -2.17. The quantitative estimate of drug-likeness (QED) is 0.532. The highest BCUT2D eigenvalue weighted by molar-refractivity contribution is 7.89. The van der Waals surface area contributed by atoms with Crippen molar-refractivity contribution in [1.82, 2.24) is 9.21 Å². The third-order valence-corrected chi connectivity index (χ3v) is 6.59. The largest absolute Gasteiger partial charge is 0.496 e. The van der Waals surface area contributed by atoms with Crippen molar-refractivity contribution in [3.63, 3.8) is 0 Å². The zero-order valence-electron chi connectivity index (χ0n) is 17.9. The van der Waals surface area contributed by atoms with Crippen molar-refractivity contribution in [3.8, 4) is 5.75 Å². The molecule has 1 aromatic rings. The summed E-state index contributed by atoms with van der Waals surface area (Å²) in [4.78, 5) is 26.4. The first-order valence-corrected chi connectivity index (χ1v) is 11.3. The number of nitrogens with zero attached hydrogens (tertiary/aromatic N) is 2. The number of hydrogen-bond donors (Lipinski definition) is 0. The van der Waals surface area contributed by atoms with E-state index in [9.17, 15) is 18.0 Å². The molecule has 2 rings (SSSR count). The summed E-state index contributed by atoms with van der Waals surface area (Å²) in [6.07, 6.45) is 0.0447. The molecule has 1 aromatic carbocycles. The van der Waals surface area contributed by atoms with Crippen LogP contribution in [0.4, 0.5) is 0 Å². The summed E-state index contributed by atoms with van der Waals surface area (Å²) < 4.78 is 42.6. The fourth-order valence-electron chi connectivity index (χ4n) is 3.17. The van der Waals surface area contributed by atoms with Gasteiger partial charge < -0.3 is 19.1 Å². The lowest BCUT2D eigenvalue weighted by atomic mass is 10.1. The molecule has 10 heteroatoms. The van der Waals surface area contributed by atoms with E-state index in [1.165, 1.54) is 41.6 Å². The predicted molar refractivity (Wildman–Crippen MR) is 110 cm³/mol. The van der Waals surface area contributed by atoms with Crippen LogP contribution in [0.1, 0.15) is 30.6 Å². The van der Waals surface area contributed by atoms with Crippen molar-refractivity contribution in [3.05, 3.63) is 23.8 Å². The van der Waals surface area contributed by atoms with E-state index < -0.39 is 21.9 Å². The van der Waals surface area contributed by atoms with Crippen LogP contribution >= 0.6 is 0 Å². The molecule has 0 unspecified atom stereocenters. The lowest BCUT2D eigenvalue weighted by molar-refractivity contribution is -0.140. The minimum Gasteiger partial charge on any atom is -0.496 e. The molecule has 0 N–H and O–H groups in total. The molecule has 9 nitrogen and oxygen atoms in total. The fraction of sp³-hybridized carbons (Fsp3) is 0.600. The highest BCUT2D eigenvalue weighted by atomic mass is 32.2. The van der Waals surface area contributed by atoms with Gasteiger partial charge in [0, 0.05) is 26.2 Å². The fourth-order valence-corrected chi connectivity index (χ4v) is 4.60. The Morgan fingerprint density at radius 3 is 2.43 bits per heavy atom. The number of carbonyl (C=O) groups is 2. The van der Waals surface area contributed by atoms with Gasteiger partial charge in [-0.05, 0) is 24.1 Å². The molecule has 1 fully saturated rings. The van der Waals surface area contributed by atoms with Gasteiger partial charge in [0.1, 0.15) is 5.75 Å². The number of hydrogen-bond acceptors (Lipinski definition) is 7. The summed E-state index contributed by atoms with van der Waals surface area (Å²) in [6.45, 7) is 5.65. The summed E-state index contributed by atoms with van der Waals surface area (Å²) in [7, 11) is -1.06. The topological polar surface area (TPSA) is 102 Å². The molecule has 0 aliphatic carbocycles. The highest BCUT2D eigenvalue weighted by Gasteiger charge is 2.29. The molecule has 0 radical (unpaired) electrons. The second-order valence-corrected chi connectivity index (χ2v) is 9.29. The van der Waals surface area contributed by atoms with Gasteiger partial charge in [0.2, 0.25) is 10.0 Å². The standard InChI is InChI=1S/C20H30N2O7S/c1-15(2)14-21(8-7-19(23)28-4)20(24)17-13-16(5-6-18(17)27-3)30(25,26)22-9-11-29-12-10-22/h5-6,13,15H,7-12,14H2,1-4H3. The van der Waals surface area contributed by atoms with Crippen LogP contribution in [0.2, 0.25) is 0 Å². The van der Waals surface area contributed by atoms with E-state index in [-0.39, 0.29) is 48.2 Å². The number of methoxy groups -OCH3 is 2.